The van der Waals surface area contributed by atoms with Crippen LogP contribution in [0.2, 0.25) is 0 Å². The molecule has 0 radical (unpaired) electrons. The van der Waals surface area contributed by atoms with Crippen molar-refractivity contribution < 1.29 is 9.47 Å². The predicted molar refractivity (Wildman–Crippen MR) is 96.6 cm³/mol. The highest BCUT2D eigenvalue weighted by molar-refractivity contribution is 5.81. The molecule has 126 valence electrons. The van der Waals surface area contributed by atoms with Crippen LogP contribution >= 0.6 is 0 Å². The van der Waals surface area contributed by atoms with E-state index in [0.717, 1.165) is 21.8 Å². The lowest BCUT2D eigenvalue weighted by molar-refractivity contribution is 0.397. The van der Waals surface area contributed by atoms with Gasteiger partial charge in [-0.1, -0.05) is 0 Å². The number of nitrogens with zero attached hydrogens (tertiary/aromatic N) is 3. The maximum absolute atomic E-state index is 5.72. The molecule has 0 aliphatic carbocycles. The average molecular weight is 343 g/mol. The topological polar surface area (TPSA) is 88.7 Å². The third kappa shape index (κ3) is 2.71. The molecule has 3 heterocycles. The largest absolute Gasteiger partial charge is 0.424 e. The van der Waals surface area contributed by atoms with Gasteiger partial charge in [0, 0.05) is 35.6 Å². The number of aromatic nitrogens is 5. The van der Waals surface area contributed by atoms with E-state index in [1.165, 1.54) is 6.33 Å². The molecule has 7 nitrogen and oxygen atoms in total. The molecule has 0 unspecified atom stereocenters. The van der Waals surface area contributed by atoms with Gasteiger partial charge < -0.3 is 19.4 Å². The highest BCUT2D eigenvalue weighted by Gasteiger charge is 2.07. The van der Waals surface area contributed by atoms with Crippen molar-refractivity contribution in [2.45, 2.75) is 0 Å². The zero-order chi connectivity index (χ0) is 17.3. The Morgan fingerprint density at radius 1 is 0.654 bits per heavy atom. The lowest BCUT2D eigenvalue weighted by Crippen LogP contribution is -1.97. The van der Waals surface area contributed by atoms with Crippen LogP contribution < -0.4 is 9.47 Å². The van der Waals surface area contributed by atoms with E-state index in [4.69, 9.17) is 9.47 Å². The summed E-state index contributed by atoms with van der Waals surface area (Å²) in [5.41, 5.74) is 1.96. The summed E-state index contributed by atoms with van der Waals surface area (Å²) in [7, 11) is 0. The molecule has 26 heavy (non-hydrogen) atoms. The first-order chi connectivity index (χ1) is 12.8. The van der Waals surface area contributed by atoms with Crippen molar-refractivity contribution in [3.05, 3.63) is 67.3 Å². The lowest BCUT2D eigenvalue weighted by atomic mass is 10.2. The van der Waals surface area contributed by atoms with Crippen LogP contribution in [0.4, 0.5) is 0 Å². The molecule has 2 aromatic carbocycles. The third-order valence-electron chi connectivity index (χ3n) is 4.00. The van der Waals surface area contributed by atoms with Crippen LogP contribution in [0.3, 0.4) is 0 Å². The molecule has 0 spiro atoms. The summed E-state index contributed by atoms with van der Waals surface area (Å²) in [5.74, 6) is 1.26. The van der Waals surface area contributed by atoms with Crippen LogP contribution in [-0.4, -0.2) is 24.9 Å². The highest BCUT2D eigenvalue weighted by Crippen LogP contribution is 2.26. The quantitative estimate of drug-likeness (QED) is 0.504. The summed E-state index contributed by atoms with van der Waals surface area (Å²) in [6.07, 6.45) is 5.12. The molecule has 0 amide bonds. The molecule has 0 saturated carbocycles. The number of H-pyrrole nitrogens is 2. The van der Waals surface area contributed by atoms with Crippen LogP contribution in [0, 0.1) is 0 Å². The predicted octanol–water partition coefficient (Wildman–Crippen LogP) is 4.42. The van der Waals surface area contributed by atoms with Gasteiger partial charge in [-0.2, -0.15) is 9.97 Å². The van der Waals surface area contributed by atoms with Crippen molar-refractivity contribution in [2.24, 2.45) is 0 Å². The van der Waals surface area contributed by atoms with Gasteiger partial charge in [0.1, 0.15) is 17.8 Å². The number of ether oxygens (including phenoxy) is 2. The molecular weight excluding hydrogens is 330 g/mol. The van der Waals surface area contributed by atoms with Crippen LogP contribution in [0.15, 0.2) is 67.3 Å². The Balaban J connectivity index is 1.39. The van der Waals surface area contributed by atoms with E-state index in [2.05, 4.69) is 24.9 Å². The molecule has 0 fully saturated rings. The second-order valence-electron chi connectivity index (χ2n) is 5.71. The number of benzene rings is 2. The summed E-state index contributed by atoms with van der Waals surface area (Å²) in [6, 6.07) is 15.8. The van der Waals surface area contributed by atoms with Crippen molar-refractivity contribution >= 4 is 21.8 Å². The molecule has 5 rings (SSSR count). The fraction of sp³-hybridized carbons (Fsp3) is 0. The minimum Gasteiger partial charge on any atom is -0.424 e. The van der Waals surface area contributed by atoms with Gasteiger partial charge in [0.25, 0.3) is 0 Å². The van der Waals surface area contributed by atoms with Crippen molar-refractivity contribution in [1.29, 1.82) is 0 Å². The van der Waals surface area contributed by atoms with E-state index >= 15 is 0 Å². The maximum atomic E-state index is 5.72. The first kappa shape index (κ1) is 14.5. The SMILES string of the molecule is c1nc(Oc2ccc3cc[nH]c3c2)nc(Oc2ccc3cc[nH]c3c2)n1. The van der Waals surface area contributed by atoms with Crippen molar-refractivity contribution in [2.75, 3.05) is 0 Å². The standard InChI is InChI=1S/C19H13N5O2/c1-3-14(9-16-12(1)5-7-20-16)25-18-22-11-23-19(24-18)26-15-4-2-13-6-8-21-17(13)10-15/h1-11,20-21H. The third-order valence-corrected chi connectivity index (χ3v) is 4.00. The first-order valence-electron chi connectivity index (χ1n) is 8.02. The summed E-state index contributed by atoms with van der Waals surface area (Å²) in [5, 5.41) is 2.22. The molecule has 0 aliphatic heterocycles. The Hall–Kier alpha value is -3.87. The van der Waals surface area contributed by atoms with Gasteiger partial charge in [-0.3, -0.25) is 0 Å². The number of rotatable bonds is 4. The smallest absolute Gasteiger partial charge is 0.328 e. The Bertz CT molecular complexity index is 1120. The molecule has 5 aromatic rings. The van der Waals surface area contributed by atoms with Crippen LogP contribution in [-0.2, 0) is 0 Å². The second-order valence-corrected chi connectivity index (χ2v) is 5.71. The number of aromatic amines is 2. The van der Waals surface area contributed by atoms with Gasteiger partial charge in [-0.05, 0) is 47.2 Å². The Labute approximate surface area is 147 Å². The second kappa shape index (κ2) is 5.89. The van der Waals surface area contributed by atoms with Gasteiger partial charge in [-0.25, -0.2) is 0 Å². The fourth-order valence-electron chi connectivity index (χ4n) is 2.76. The monoisotopic (exact) mass is 343 g/mol. The lowest BCUT2D eigenvalue weighted by Gasteiger charge is -2.06. The van der Waals surface area contributed by atoms with Crippen molar-refractivity contribution in [1.82, 2.24) is 24.9 Å². The highest BCUT2D eigenvalue weighted by atomic mass is 16.5. The number of fused-ring (bicyclic) bond motifs is 2. The van der Waals surface area contributed by atoms with E-state index in [-0.39, 0.29) is 12.0 Å². The fourth-order valence-corrected chi connectivity index (χ4v) is 2.76. The van der Waals surface area contributed by atoms with Crippen LogP contribution in [0.5, 0.6) is 23.5 Å². The van der Waals surface area contributed by atoms with Gasteiger partial charge in [0.15, 0.2) is 0 Å². The van der Waals surface area contributed by atoms with Crippen LogP contribution in [0.25, 0.3) is 21.8 Å². The molecule has 0 bridgehead atoms. The minimum atomic E-state index is 0.168. The summed E-state index contributed by atoms with van der Waals surface area (Å²) in [4.78, 5) is 18.6. The summed E-state index contributed by atoms with van der Waals surface area (Å²) >= 11 is 0. The Morgan fingerprint density at radius 3 is 1.73 bits per heavy atom. The van der Waals surface area contributed by atoms with Crippen molar-refractivity contribution in [3.63, 3.8) is 0 Å². The van der Waals surface area contributed by atoms with E-state index in [1.807, 2.05) is 60.9 Å². The van der Waals surface area contributed by atoms with E-state index in [9.17, 15) is 0 Å². The number of nitrogens with one attached hydrogen (secondary N) is 2. The zero-order valence-electron chi connectivity index (χ0n) is 13.5. The molecule has 0 aliphatic rings. The van der Waals surface area contributed by atoms with E-state index < -0.39 is 0 Å². The Kier molecular flexibility index (Phi) is 3.28. The normalized spacial score (nSPS) is 11.1. The molecule has 7 heteroatoms. The van der Waals surface area contributed by atoms with E-state index in [1.54, 1.807) is 0 Å². The molecule has 0 atom stereocenters. The Morgan fingerprint density at radius 2 is 1.19 bits per heavy atom. The van der Waals surface area contributed by atoms with Gasteiger partial charge >= 0.3 is 12.0 Å². The summed E-state index contributed by atoms with van der Waals surface area (Å²) < 4.78 is 11.4. The maximum Gasteiger partial charge on any atom is 0.328 e. The number of hydrogen-bond donors (Lipinski definition) is 2. The molecule has 0 saturated heterocycles. The minimum absolute atomic E-state index is 0.168. The number of hydrogen-bond acceptors (Lipinski definition) is 5. The van der Waals surface area contributed by atoms with Gasteiger partial charge in [-0.15, -0.1) is 4.98 Å². The first-order valence-corrected chi connectivity index (χ1v) is 8.02. The van der Waals surface area contributed by atoms with Gasteiger partial charge in [0.05, 0.1) is 0 Å². The van der Waals surface area contributed by atoms with Gasteiger partial charge in [0.2, 0.25) is 0 Å². The van der Waals surface area contributed by atoms with E-state index in [0.29, 0.717) is 11.5 Å². The van der Waals surface area contributed by atoms with Crippen molar-refractivity contribution in [3.8, 4) is 23.5 Å². The summed E-state index contributed by atoms with van der Waals surface area (Å²) in [6.45, 7) is 0. The van der Waals surface area contributed by atoms with Crippen LogP contribution in [0.1, 0.15) is 0 Å². The zero-order valence-corrected chi connectivity index (χ0v) is 13.5. The average Bonchev–Trinajstić information content (AvgIpc) is 3.30. The molecular formula is C19H13N5O2. The molecule has 2 N–H and O–H groups in total. The molecule has 3 aromatic heterocycles.